The lowest BCUT2D eigenvalue weighted by atomic mass is 10.0. The number of anilines is 1. The first-order valence-corrected chi connectivity index (χ1v) is 4.83. The fraction of sp³-hybridized carbons (Fsp3) is 0.182. The van der Waals surface area contributed by atoms with Gasteiger partial charge in [0, 0.05) is 17.2 Å². The van der Waals surface area contributed by atoms with Crippen molar-refractivity contribution in [2.75, 3.05) is 12.8 Å². The van der Waals surface area contributed by atoms with Gasteiger partial charge in [0.2, 0.25) is 0 Å². The molecule has 0 aliphatic carbocycles. The highest BCUT2D eigenvalue weighted by atomic mass is 19.1. The summed E-state index contributed by atoms with van der Waals surface area (Å²) in [5, 5.41) is 13.3. The molecule has 2 aromatic rings. The zero-order valence-corrected chi connectivity index (χ0v) is 9.32. The quantitative estimate of drug-likeness (QED) is 0.837. The second-order valence-corrected chi connectivity index (χ2v) is 3.53. The normalized spacial score (nSPS) is 10.5. The second kappa shape index (κ2) is 3.97. The summed E-state index contributed by atoms with van der Waals surface area (Å²) in [6.45, 7) is 1.62. The molecule has 6 heteroatoms. The zero-order chi connectivity index (χ0) is 12.6. The van der Waals surface area contributed by atoms with Crippen molar-refractivity contribution in [3.05, 3.63) is 23.5 Å². The van der Waals surface area contributed by atoms with Gasteiger partial charge in [0.05, 0.1) is 7.11 Å². The molecule has 0 atom stereocenters. The minimum absolute atomic E-state index is 0.190. The molecule has 3 N–H and O–H groups in total. The number of hydrogen-bond acceptors (Lipinski definition) is 5. The second-order valence-electron chi connectivity index (χ2n) is 3.53. The van der Waals surface area contributed by atoms with Gasteiger partial charge in [-0.25, -0.2) is 4.39 Å². The summed E-state index contributed by atoms with van der Waals surface area (Å²) in [5.74, 6) is -0.663. The zero-order valence-electron chi connectivity index (χ0n) is 9.32. The summed E-state index contributed by atoms with van der Waals surface area (Å²) in [6.07, 6.45) is 0. The highest BCUT2D eigenvalue weighted by Crippen LogP contribution is 2.39. The summed E-state index contributed by atoms with van der Waals surface area (Å²) in [7, 11) is 1.28. The van der Waals surface area contributed by atoms with E-state index in [4.69, 9.17) is 15.0 Å². The van der Waals surface area contributed by atoms with Crippen molar-refractivity contribution in [1.82, 2.24) is 5.16 Å². The number of nitrogens with zero attached hydrogens (tertiary/aromatic N) is 1. The van der Waals surface area contributed by atoms with E-state index in [2.05, 4.69) is 5.16 Å². The summed E-state index contributed by atoms with van der Waals surface area (Å²) in [5.41, 5.74) is 6.22. The van der Waals surface area contributed by atoms with E-state index in [-0.39, 0.29) is 23.1 Å². The number of nitrogens with two attached hydrogens (primary N) is 1. The maximum Gasteiger partial charge on any atom is 0.196 e. The summed E-state index contributed by atoms with van der Waals surface area (Å²) < 4.78 is 23.3. The topological polar surface area (TPSA) is 81.5 Å². The molecule has 0 spiro atoms. The lowest BCUT2D eigenvalue weighted by Crippen LogP contribution is -1.93. The van der Waals surface area contributed by atoms with Crippen molar-refractivity contribution in [3.63, 3.8) is 0 Å². The molecule has 5 nitrogen and oxygen atoms in total. The molecule has 0 unspecified atom stereocenters. The van der Waals surface area contributed by atoms with Crippen molar-refractivity contribution in [2.24, 2.45) is 0 Å². The summed E-state index contributed by atoms with van der Waals surface area (Å²) >= 11 is 0. The van der Waals surface area contributed by atoms with Crippen LogP contribution in [0.2, 0.25) is 0 Å². The first-order chi connectivity index (χ1) is 8.04. The van der Waals surface area contributed by atoms with Gasteiger partial charge in [0.1, 0.15) is 0 Å². The molecule has 1 heterocycles. The number of aromatic nitrogens is 1. The Labute approximate surface area is 96.6 Å². The van der Waals surface area contributed by atoms with Gasteiger partial charge in [-0.1, -0.05) is 5.16 Å². The highest BCUT2D eigenvalue weighted by molar-refractivity contribution is 5.69. The van der Waals surface area contributed by atoms with Crippen LogP contribution < -0.4 is 10.5 Å². The third-order valence-corrected chi connectivity index (χ3v) is 2.46. The molecule has 0 bridgehead atoms. The first kappa shape index (κ1) is 11.3. The Morgan fingerprint density at radius 2 is 2.18 bits per heavy atom. The molecular formula is C11H11FN2O3. The van der Waals surface area contributed by atoms with Gasteiger partial charge in [0.15, 0.2) is 28.9 Å². The fourth-order valence-electron chi connectivity index (χ4n) is 1.58. The van der Waals surface area contributed by atoms with E-state index >= 15 is 0 Å². The minimum Gasteiger partial charge on any atom is -0.504 e. The standard InChI is InChI=1S/C11H11FN2O3/c1-5-6(8-4-9(13)14-17-8)3-7(12)11(16-2)10(5)15/h3-4,15H,1-2H3,(H2,13,14). The van der Waals surface area contributed by atoms with E-state index in [1.165, 1.54) is 19.2 Å². The lowest BCUT2D eigenvalue weighted by Gasteiger charge is -2.10. The molecular weight excluding hydrogens is 227 g/mol. The molecule has 1 aromatic heterocycles. The Balaban J connectivity index is 2.64. The van der Waals surface area contributed by atoms with E-state index in [0.717, 1.165) is 0 Å². The minimum atomic E-state index is -0.680. The monoisotopic (exact) mass is 238 g/mol. The number of phenolic OH excluding ortho intramolecular Hbond substituents is 1. The fourth-order valence-corrected chi connectivity index (χ4v) is 1.58. The molecule has 2 rings (SSSR count). The molecule has 0 saturated heterocycles. The van der Waals surface area contributed by atoms with Crippen LogP contribution in [0.25, 0.3) is 11.3 Å². The van der Waals surface area contributed by atoms with Crippen molar-refractivity contribution >= 4 is 5.82 Å². The van der Waals surface area contributed by atoms with Crippen molar-refractivity contribution in [3.8, 4) is 22.8 Å². The Bertz CT molecular complexity index is 566. The van der Waals surface area contributed by atoms with Crippen LogP contribution in [0.5, 0.6) is 11.5 Å². The van der Waals surface area contributed by atoms with Crippen LogP contribution in [-0.4, -0.2) is 17.4 Å². The van der Waals surface area contributed by atoms with E-state index in [1.807, 2.05) is 0 Å². The van der Waals surface area contributed by atoms with Crippen molar-refractivity contribution in [2.45, 2.75) is 6.92 Å². The van der Waals surface area contributed by atoms with Gasteiger partial charge in [-0.2, -0.15) is 0 Å². The molecule has 0 radical (unpaired) electrons. The van der Waals surface area contributed by atoms with E-state index in [0.29, 0.717) is 11.1 Å². The van der Waals surface area contributed by atoms with Gasteiger partial charge in [-0.15, -0.1) is 0 Å². The Morgan fingerprint density at radius 1 is 1.47 bits per heavy atom. The summed E-state index contributed by atoms with van der Waals surface area (Å²) in [4.78, 5) is 0. The van der Waals surface area contributed by atoms with Crippen LogP contribution in [0, 0.1) is 12.7 Å². The average Bonchev–Trinajstić information content (AvgIpc) is 2.71. The summed E-state index contributed by atoms with van der Waals surface area (Å²) in [6, 6.07) is 2.65. The van der Waals surface area contributed by atoms with Gasteiger partial charge < -0.3 is 20.1 Å². The number of ether oxygens (including phenoxy) is 1. The lowest BCUT2D eigenvalue weighted by molar-refractivity contribution is 0.349. The molecule has 0 aliphatic heterocycles. The third kappa shape index (κ3) is 1.77. The van der Waals surface area contributed by atoms with E-state index in [1.54, 1.807) is 6.92 Å². The number of aromatic hydroxyl groups is 1. The third-order valence-electron chi connectivity index (χ3n) is 2.46. The number of hydrogen-bond donors (Lipinski definition) is 2. The van der Waals surface area contributed by atoms with Gasteiger partial charge in [0.25, 0.3) is 0 Å². The van der Waals surface area contributed by atoms with Gasteiger partial charge in [-0.05, 0) is 13.0 Å². The maximum atomic E-state index is 13.6. The number of nitrogen functional groups attached to an aromatic ring is 1. The van der Waals surface area contributed by atoms with Crippen LogP contribution in [0.15, 0.2) is 16.7 Å². The average molecular weight is 238 g/mol. The highest BCUT2D eigenvalue weighted by Gasteiger charge is 2.18. The molecule has 90 valence electrons. The molecule has 0 amide bonds. The largest absolute Gasteiger partial charge is 0.504 e. The van der Waals surface area contributed by atoms with Crippen molar-refractivity contribution < 1.29 is 18.8 Å². The molecule has 1 aromatic carbocycles. The van der Waals surface area contributed by atoms with Gasteiger partial charge in [-0.3, -0.25) is 0 Å². The number of methoxy groups -OCH3 is 1. The number of halogens is 1. The Morgan fingerprint density at radius 3 is 2.71 bits per heavy atom. The number of benzene rings is 1. The SMILES string of the molecule is COc1c(F)cc(-c2cc(N)no2)c(C)c1O. The van der Waals surface area contributed by atoms with Crippen molar-refractivity contribution in [1.29, 1.82) is 0 Å². The predicted octanol–water partition coefficient (Wildman–Crippen LogP) is 2.09. The van der Waals surface area contributed by atoms with Crippen LogP contribution >= 0.6 is 0 Å². The number of phenols is 1. The first-order valence-electron chi connectivity index (χ1n) is 4.83. The van der Waals surface area contributed by atoms with Gasteiger partial charge >= 0.3 is 0 Å². The van der Waals surface area contributed by atoms with E-state index < -0.39 is 5.82 Å². The Hall–Kier alpha value is -2.24. The maximum absolute atomic E-state index is 13.6. The predicted molar refractivity (Wildman–Crippen MR) is 59.3 cm³/mol. The van der Waals surface area contributed by atoms with Crippen LogP contribution in [0.4, 0.5) is 10.2 Å². The van der Waals surface area contributed by atoms with Crippen LogP contribution in [0.3, 0.4) is 0 Å². The molecule has 0 aliphatic rings. The Kier molecular flexibility index (Phi) is 2.63. The molecule has 0 fully saturated rings. The van der Waals surface area contributed by atoms with Crippen LogP contribution in [-0.2, 0) is 0 Å². The molecule has 0 saturated carbocycles. The van der Waals surface area contributed by atoms with E-state index in [9.17, 15) is 9.50 Å². The smallest absolute Gasteiger partial charge is 0.196 e. The number of rotatable bonds is 2. The molecule has 17 heavy (non-hydrogen) atoms. The van der Waals surface area contributed by atoms with Crippen LogP contribution in [0.1, 0.15) is 5.56 Å².